The number of esters is 1. The second kappa shape index (κ2) is 4.14. The first kappa shape index (κ1) is 10.4. The molecular weight excluding hydrogens is 210 g/mol. The molecule has 1 heterocycles. The topological polar surface area (TPSA) is 29.5 Å². The normalized spacial score (nSPS) is 19.6. The Bertz CT molecular complexity index is 381. The molecule has 15 heavy (non-hydrogen) atoms. The van der Waals surface area contributed by atoms with Gasteiger partial charge < -0.3 is 9.64 Å². The summed E-state index contributed by atoms with van der Waals surface area (Å²) in [5.41, 5.74) is 1.18. The number of methoxy groups -OCH3 is 1. The van der Waals surface area contributed by atoms with Crippen molar-refractivity contribution in [3.63, 3.8) is 0 Å². The van der Waals surface area contributed by atoms with Crippen molar-refractivity contribution in [2.75, 3.05) is 25.6 Å². The number of anilines is 1. The smallest absolute Gasteiger partial charge is 0.320 e. The van der Waals surface area contributed by atoms with Crippen molar-refractivity contribution in [2.24, 2.45) is 0 Å². The Kier molecular flexibility index (Phi) is 2.86. The number of nitrogens with zero attached hydrogens (tertiary/aromatic N) is 1. The average Bonchev–Trinajstić information content (AvgIpc) is 2.28. The van der Waals surface area contributed by atoms with Gasteiger partial charge in [0.05, 0.1) is 12.8 Å². The number of ether oxygens (including phenoxy) is 1. The van der Waals surface area contributed by atoms with Crippen LogP contribution in [0.1, 0.15) is 0 Å². The molecule has 0 aliphatic carbocycles. The Balaban J connectivity index is 2.26. The van der Waals surface area contributed by atoms with E-state index in [1.54, 1.807) is 11.8 Å². The lowest BCUT2D eigenvalue weighted by Gasteiger charge is -2.31. The van der Waals surface area contributed by atoms with Gasteiger partial charge in [0, 0.05) is 18.5 Å². The van der Waals surface area contributed by atoms with E-state index in [2.05, 4.69) is 11.0 Å². The first-order valence-corrected chi connectivity index (χ1v) is 5.65. The van der Waals surface area contributed by atoms with Crippen molar-refractivity contribution >= 4 is 23.4 Å². The molecule has 0 amide bonds. The molecule has 4 heteroatoms. The Hall–Kier alpha value is -1.16. The van der Waals surface area contributed by atoms with Crippen LogP contribution in [0.25, 0.3) is 0 Å². The van der Waals surface area contributed by atoms with Gasteiger partial charge in [-0.05, 0) is 12.1 Å². The van der Waals surface area contributed by atoms with Gasteiger partial charge in [0.2, 0.25) is 0 Å². The van der Waals surface area contributed by atoms with Crippen LogP contribution in [0.2, 0.25) is 0 Å². The third-order valence-corrected chi connectivity index (χ3v) is 3.67. The highest BCUT2D eigenvalue weighted by atomic mass is 32.2. The average molecular weight is 223 g/mol. The molecule has 1 aliphatic heterocycles. The molecule has 0 N–H and O–H groups in total. The van der Waals surface area contributed by atoms with Crippen LogP contribution in [0.4, 0.5) is 5.69 Å². The fourth-order valence-electron chi connectivity index (χ4n) is 1.66. The molecule has 0 fully saturated rings. The first-order valence-electron chi connectivity index (χ1n) is 4.77. The van der Waals surface area contributed by atoms with Crippen molar-refractivity contribution in [1.29, 1.82) is 0 Å². The second-order valence-corrected chi connectivity index (χ2v) is 4.72. The van der Waals surface area contributed by atoms with Crippen LogP contribution in [-0.2, 0) is 9.53 Å². The minimum atomic E-state index is -0.152. The standard InChI is InChI=1S/C11H13NO2S/c1-12-7-10(11(13)14-2)15-9-6-4-3-5-8(9)12/h3-6,10H,7H2,1-2H3/t10-/m1/s1. The van der Waals surface area contributed by atoms with Crippen LogP contribution < -0.4 is 4.90 Å². The molecule has 1 aromatic carbocycles. The summed E-state index contributed by atoms with van der Waals surface area (Å²) in [6.07, 6.45) is 0. The third-order valence-electron chi connectivity index (χ3n) is 2.45. The zero-order valence-corrected chi connectivity index (χ0v) is 9.58. The first-order chi connectivity index (χ1) is 7.22. The SMILES string of the molecule is COC(=O)[C@H]1CN(C)c2ccccc2S1. The molecule has 0 unspecified atom stereocenters. The number of hydrogen-bond acceptors (Lipinski definition) is 4. The number of carbonyl (C=O) groups is 1. The Morgan fingerprint density at radius 2 is 2.27 bits per heavy atom. The second-order valence-electron chi connectivity index (χ2n) is 3.48. The molecule has 0 radical (unpaired) electrons. The van der Waals surface area contributed by atoms with E-state index in [0.29, 0.717) is 6.54 Å². The molecule has 1 atom stereocenters. The van der Waals surface area contributed by atoms with Crippen LogP contribution in [0.5, 0.6) is 0 Å². The zero-order valence-electron chi connectivity index (χ0n) is 8.77. The molecule has 0 aromatic heterocycles. The molecule has 80 valence electrons. The highest BCUT2D eigenvalue weighted by Gasteiger charge is 2.28. The quantitative estimate of drug-likeness (QED) is 0.679. The summed E-state index contributed by atoms with van der Waals surface area (Å²) in [6.45, 7) is 0.703. The zero-order chi connectivity index (χ0) is 10.8. The van der Waals surface area contributed by atoms with Gasteiger partial charge in [-0.15, -0.1) is 11.8 Å². The van der Waals surface area contributed by atoms with Crippen LogP contribution in [0.3, 0.4) is 0 Å². The molecule has 0 saturated carbocycles. The van der Waals surface area contributed by atoms with E-state index in [4.69, 9.17) is 4.74 Å². The van der Waals surface area contributed by atoms with Crippen LogP contribution in [0.15, 0.2) is 29.2 Å². The molecule has 3 nitrogen and oxygen atoms in total. The van der Waals surface area contributed by atoms with Crippen molar-refractivity contribution in [2.45, 2.75) is 10.1 Å². The highest BCUT2D eigenvalue weighted by molar-refractivity contribution is 8.00. The van der Waals surface area contributed by atoms with Crippen molar-refractivity contribution in [3.8, 4) is 0 Å². The van der Waals surface area contributed by atoms with Gasteiger partial charge in [0.1, 0.15) is 5.25 Å². The summed E-state index contributed by atoms with van der Waals surface area (Å²) < 4.78 is 4.77. The summed E-state index contributed by atoms with van der Waals surface area (Å²) in [6, 6.07) is 8.09. The Morgan fingerprint density at radius 1 is 1.53 bits per heavy atom. The molecule has 0 saturated heterocycles. The number of benzene rings is 1. The number of hydrogen-bond donors (Lipinski definition) is 0. The summed E-state index contributed by atoms with van der Waals surface area (Å²) in [7, 11) is 3.43. The summed E-state index contributed by atoms with van der Waals surface area (Å²) in [5.74, 6) is -0.152. The molecule has 0 spiro atoms. The lowest BCUT2D eigenvalue weighted by molar-refractivity contribution is -0.139. The minimum Gasteiger partial charge on any atom is -0.468 e. The number of carbonyl (C=O) groups excluding carboxylic acids is 1. The van der Waals surface area contributed by atoms with Gasteiger partial charge in [-0.2, -0.15) is 0 Å². The predicted molar refractivity (Wildman–Crippen MR) is 61.4 cm³/mol. The van der Waals surface area contributed by atoms with E-state index in [-0.39, 0.29) is 11.2 Å². The number of para-hydroxylation sites is 1. The molecular formula is C11H13NO2S. The third kappa shape index (κ3) is 1.95. The van der Waals surface area contributed by atoms with Crippen molar-refractivity contribution < 1.29 is 9.53 Å². The van der Waals surface area contributed by atoms with Gasteiger partial charge in [0.25, 0.3) is 0 Å². The van der Waals surface area contributed by atoms with E-state index < -0.39 is 0 Å². The lowest BCUT2D eigenvalue weighted by Crippen LogP contribution is -2.36. The van der Waals surface area contributed by atoms with E-state index in [0.717, 1.165) is 4.90 Å². The van der Waals surface area contributed by atoms with Gasteiger partial charge in [-0.25, -0.2) is 0 Å². The fourth-order valence-corrected chi connectivity index (χ4v) is 2.96. The van der Waals surface area contributed by atoms with E-state index >= 15 is 0 Å². The lowest BCUT2D eigenvalue weighted by atomic mass is 10.2. The minimum absolute atomic E-state index is 0.116. The van der Waals surface area contributed by atoms with Gasteiger partial charge >= 0.3 is 5.97 Å². The fraction of sp³-hybridized carbons (Fsp3) is 0.364. The summed E-state index contributed by atoms with van der Waals surface area (Å²) in [5, 5.41) is -0.116. The maximum Gasteiger partial charge on any atom is 0.320 e. The monoisotopic (exact) mass is 223 g/mol. The molecule has 0 bridgehead atoms. The van der Waals surface area contributed by atoms with Crippen molar-refractivity contribution in [1.82, 2.24) is 0 Å². The Morgan fingerprint density at radius 3 is 3.00 bits per heavy atom. The summed E-state index contributed by atoms with van der Waals surface area (Å²) in [4.78, 5) is 14.7. The van der Waals surface area contributed by atoms with Gasteiger partial charge in [-0.1, -0.05) is 12.1 Å². The van der Waals surface area contributed by atoms with Gasteiger partial charge in [-0.3, -0.25) is 4.79 Å². The maximum absolute atomic E-state index is 11.5. The van der Waals surface area contributed by atoms with E-state index in [1.807, 2.05) is 25.2 Å². The summed E-state index contributed by atoms with van der Waals surface area (Å²) >= 11 is 1.58. The largest absolute Gasteiger partial charge is 0.468 e. The van der Waals surface area contributed by atoms with Crippen LogP contribution >= 0.6 is 11.8 Å². The van der Waals surface area contributed by atoms with Crippen molar-refractivity contribution in [3.05, 3.63) is 24.3 Å². The highest BCUT2D eigenvalue weighted by Crippen LogP contribution is 2.37. The Labute approximate surface area is 93.4 Å². The van der Waals surface area contributed by atoms with E-state index in [1.165, 1.54) is 12.8 Å². The van der Waals surface area contributed by atoms with E-state index in [9.17, 15) is 4.79 Å². The molecule has 1 aromatic rings. The predicted octanol–water partition coefficient (Wildman–Crippen LogP) is 1.77. The molecule has 2 rings (SSSR count). The number of rotatable bonds is 1. The van der Waals surface area contributed by atoms with Crippen LogP contribution in [-0.4, -0.2) is 31.9 Å². The molecule has 1 aliphatic rings. The van der Waals surface area contributed by atoms with Gasteiger partial charge in [0.15, 0.2) is 0 Å². The number of thioether (sulfide) groups is 1. The van der Waals surface area contributed by atoms with Crippen LogP contribution in [0, 0.1) is 0 Å². The maximum atomic E-state index is 11.5. The number of fused-ring (bicyclic) bond motifs is 1.